The Hall–Kier alpha value is -4.39. The lowest BCUT2D eigenvalue weighted by Gasteiger charge is -2.46. The molecule has 0 spiro atoms. The molecule has 0 radical (unpaired) electrons. The van der Waals surface area contributed by atoms with E-state index in [2.05, 4.69) is 35.4 Å². The second-order valence-electron chi connectivity index (χ2n) is 9.65. The van der Waals surface area contributed by atoms with Crippen molar-refractivity contribution in [3.63, 3.8) is 0 Å². The second kappa shape index (κ2) is 17.0. The van der Waals surface area contributed by atoms with Crippen molar-refractivity contribution in [3.05, 3.63) is 31.3 Å². The number of nitrogens with zero attached hydrogens (tertiary/aromatic N) is 9. The van der Waals surface area contributed by atoms with E-state index in [0.717, 1.165) is 20.8 Å². The Balaban J connectivity index is 2.40. The summed E-state index contributed by atoms with van der Waals surface area (Å²) in [7, 11) is 0. The molecule has 2 aliphatic rings. The molecule has 1 aliphatic carbocycles. The standard InChI is InChI=1S/C22H32N10O12/c1-8(33)40-7-14-16(36)17(37)15(29-32-25)22(43-14)44-20-12(28-31-24)6-11(19(18(20)38)42-10(3)35)27-21(39)13(41-9(2)34)4-5-26-30-23/h11-20,22,36-38H,4-7H2,1-3H3,(H,27,39)/t11-,12?,13+,14?,15?,16-,17?,18?,19?,20-,22-/m1/s1. The molecule has 11 atom stereocenters. The maximum absolute atomic E-state index is 13.0. The molecule has 4 N–H and O–H groups in total. The predicted octanol–water partition coefficient (Wildman–Crippen LogP) is -0.448. The smallest absolute Gasteiger partial charge is 0.303 e. The van der Waals surface area contributed by atoms with Gasteiger partial charge in [-0.25, -0.2) is 0 Å². The van der Waals surface area contributed by atoms with Crippen LogP contribution in [0.15, 0.2) is 15.3 Å². The number of azide groups is 3. The maximum atomic E-state index is 13.0. The van der Waals surface area contributed by atoms with Crippen LogP contribution in [0.25, 0.3) is 31.3 Å². The largest absolute Gasteiger partial charge is 0.463 e. The summed E-state index contributed by atoms with van der Waals surface area (Å²) in [6.45, 7) is 2.39. The number of nitrogens with one attached hydrogen (secondary N) is 1. The summed E-state index contributed by atoms with van der Waals surface area (Å²) < 4.78 is 26.5. The summed E-state index contributed by atoms with van der Waals surface area (Å²) in [6, 6.07) is -4.19. The van der Waals surface area contributed by atoms with Gasteiger partial charge >= 0.3 is 17.9 Å². The number of carbonyl (C=O) groups excluding carboxylic acids is 4. The van der Waals surface area contributed by atoms with E-state index in [-0.39, 0.29) is 19.4 Å². The molecule has 2 rings (SSSR count). The van der Waals surface area contributed by atoms with Gasteiger partial charge in [-0.05, 0) is 29.4 Å². The molecule has 1 saturated heterocycles. The lowest BCUT2D eigenvalue weighted by molar-refractivity contribution is -0.295. The first kappa shape index (κ1) is 35.8. The van der Waals surface area contributed by atoms with Crippen LogP contribution >= 0.6 is 0 Å². The fraction of sp³-hybridized carbons (Fsp3) is 0.818. The molecule has 22 nitrogen and oxygen atoms in total. The average Bonchev–Trinajstić information content (AvgIpc) is 2.95. The Bertz CT molecular complexity index is 1200. The minimum Gasteiger partial charge on any atom is -0.463 e. The molecular formula is C22H32N10O12. The van der Waals surface area contributed by atoms with Crippen molar-refractivity contribution in [2.75, 3.05) is 13.2 Å². The van der Waals surface area contributed by atoms with Crippen molar-refractivity contribution < 1.29 is 58.2 Å². The van der Waals surface area contributed by atoms with Crippen molar-refractivity contribution in [2.45, 2.75) is 101 Å². The SMILES string of the molecule is CC(=O)OCC1O[C@H](O[C@@H]2C(N=[N+]=[N-])C[C@@H](NC(=O)[C@H](CCN=[N+]=[N-])OC(C)=O)C(OC(C)=O)C2O)C(N=[N+]=[N-])C(O)[C@@H]1O. The summed E-state index contributed by atoms with van der Waals surface area (Å²) in [5, 5.41) is 45.1. The lowest BCUT2D eigenvalue weighted by Crippen LogP contribution is -2.65. The third-order valence-corrected chi connectivity index (χ3v) is 6.52. The minimum absolute atomic E-state index is 0.211. The van der Waals surface area contributed by atoms with Crippen LogP contribution in [0.1, 0.15) is 33.6 Å². The fourth-order valence-electron chi connectivity index (χ4n) is 4.66. The van der Waals surface area contributed by atoms with Crippen LogP contribution in [0.5, 0.6) is 0 Å². The second-order valence-corrected chi connectivity index (χ2v) is 9.65. The minimum atomic E-state index is -1.87. The summed E-state index contributed by atoms with van der Waals surface area (Å²) >= 11 is 0. The molecule has 0 aromatic rings. The van der Waals surface area contributed by atoms with Gasteiger partial charge < -0.3 is 44.3 Å². The molecule has 6 unspecified atom stereocenters. The van der Waals surface area contributed by atoms with E-state index >= 15 is 0 Å². The van der Waals surface area contributed by atoms with Crippen LogP contribution in [0.3, 0.4) is 0 Å². The van der Waals surface area contributed by atoms with Crippen LogP contribution in [-0.2, 0) is 42.9 Å². The molecule has 2 fully saturated rings. The third kappa shape index (κ3) is 9.83. The average molecular weight is 629 g/mol. The predicted molar refractivity (Wildman–Crippen MR) is 140 cm³/mol. The zero-order valence-corrected chi connectivity index (χ0v) is 23.7. The number of hydrogen-bond acceptors (Lipinski definition) is 15. The van der Waals surface area contributed by atoms with Crippen molar-refractivity contribution in [1.29, 1.82) is 0 Å². The number of aliphatic hydroxyl groups is 3. The molecule has 1 saturated carbocycles. The van der Waals surface area contributed by atoms with E-state index < -0.39 is 97.6 Å². The topological polar surface area (TPSA) is 333 Å². The van der Waals surface area contributed by atoms with Gasteiger partial charge in [0, 0.05) is 42.1 Å². The summed E-state index contributed by atoms with van der Waals surface area (Å²) in [5.74, 6) is -3.36. The van der Waals surface area contributed by atoms with Crippen molar-refractivity contribution >= 4 is 23.8 Å². The van der Waals surface area contributed by atoms with Gasteiger partial charge in [-0.3, -0.25) is 19.2 Å². The van der Waals surface area contributed by atoms with Crippen molar-refractivity contribution in [1.82, 2.24) is 5.32 Å². The molecule has 22 heteroatoms. The first-order valence-electron chi connectivity index (χ1n) is 13.1. The first-order valence-corrected chi connectivity index (χ1v) is 13.1. The van der Waals surface area contributed by atoms with Crippen LogP contribution < -0.4 is 5.32 Å². The molecule has 242 valence electrons. The number of amides is 1. The van der Waals surface area contributed by atoms with Crippen LogP contribution in [-0.4, -0.2) is 119 Å². The highest BCUT2D eigenvalue weighted by molar-refractivity contribution is 5.83. The van der Waals surface area contributed by atoms with E-state index in [1.807, 2.05) is 0 Å². The molecule has 0 aromatic heterocycles. The Morgan fingerprint density at radius 3 is 2.18 bits per heavy atom. The van der Waals surface area contributed by atoms with Gasteiger partial charge in [0.05, 0.1) is 24.3 Å². The number of ether oxygens (including phenoxy) is 5. The quantitative estimate of drug-likeness (QED) is 0.0662. The highest BCUT2D eigenvalue weighted by Crippen LogP contribution is 2.33. The van der Waals surface area contributed by atoms with Crippen molar-refractivity contribution in [3.8, 4) is 0 Å². The lowest BCUT2D eigenvalue weighted by atomic mass is 9.83. The number of rotatable bonds is 13. The zero-order valence-electron chi connectivity index (χ0n) is 23.7. The van der Waals surface area contributed by atoms with Gasteiger partial charge in [-0.2, -0.15) is 0 Å². The van der Waals surface area contributed by atoms with Gasteiger partial charge in [0.15, 0.2) is 18.5 Å². The molecule has 1 heterocycles. The molecule has 1 aliphatic heterocycles. The number of carbonyl (C=O) groups is 4. The van der Waals surface area contributed by atoms with E-state index in [9.17, 15) is 40.0 Å². The Labute approximate surface area is 248 Å². The third-order valence-electron chi connectivity index (χ3n) is 6.52. The maximum Gasteiger partial charge on any atom is 0.303 e. The first-order chi connectivity index (χ1) is 20.8. The van der Waals surface area contributed by atoms with E-state index in [0.29, 0.717) is 0 Å². The normalized spacial score (nSPS) is 31.9. The number of esters is 3. The number of aliphatic hydroxyl groups excluding tert-OH is 3. The molecule has 44 heavy (non-hydrogen) atoms. The van der Waals surface area contributed by atoms with Crippen LogP contribution in [0, 0.1) is 0 Å². The molecule has 0 aromatic carbocycles. The molecule has 1 amide bonds. The zero-order chi connectivity index (χ0) is 33.0. The highest BCUT2D eigenvalue weighted by Gasteiger charge is 2.52. The summed E-state index contributed by atoms with van der Waals surface area (Å²) in [6.07, 6.45) is -13.6. The summed E-state index contributed by atoms with van der Waals surface area (Å²) in [4.78, 5) is 55.7. The van der Waals surface area contributed by atoms with Crippen molar-refractivity contribution in [2.24, 2.45) is 15.3 Å². The molecule has 0 bridgehead atoms. The van der Waals surface area contributed by atoms with Gasteiger partial charge in [0.25, 0.3) is 5.91 Å². The Morgan fingerprint density at radius 2 is 1.61 bits per heavy atom. The Kier molecular flexibility index (Phi) is 13.9. The van der Waals surface area contributed by atoms with Crippen LogP contribution in [0.2, 0.25) is 0 Å². The highest BCUT2D eigenvalue weighted by atomic mass is 16.7. The van der Waals surface area contributed by atoms with E-state index in [4.69, 9.17) is 34.7 Å². The Morgan fingerprint density at radius 1 is 0.932 bits per heavy atom. The monoisotopic (exact) mass is 628 g/mol. The van der Waals surface area contributed by atoms with E-state index in [1.54, 1.807) is 0 Å². The number of hydrogen-bond donors (Lipinski definition) is 4. The van der Waals surface area contributed by atoms with Crippen LogP contribution in [0.4, 0.5) is 0 Å². The van der Waals surface area contributed by atoms with E-state index in [1.165, 1.54) is 0 Å². The van der Waals surface area contributed by atoms with Gasteiger partial charge in [-0.15, -0.1) is 0 Å². The van der Waals surface area contributed by atoms with Gasteiger partial charge in [0.1, 0.15) is 31.0 Å². The fourth-order valence-corrected chi connectivity index (χ4v) is 4.66. The summed E-state index contributed by atoms with van der Waals surface area (Å²) in [5.41, 5.74) is 26.8. The van der Waals surface area contributed by atoms with Gasteiger partial charge in [0.2, 0.25) is 0 Å². The molecular weight excluding hydrogens is 596 g/mol. The van der Waals surface area contributed by atoms with Gasteiger partial charge in [-0.1, -0.05) is 15.3 Å².